The van der Waals surface area contributed by atoms with Crippen LogP contribution >= 0.6 is 11.3 Å². The van der Waals surface area contributed by atoms with Crippen LogP contribution in [0.1, 0.15) is 49.4 Å². The first-order valence-electron chi connectivity index (χ1n) is 9.53. The molecule has 2 heterocycles. The highest BCUT2D eigenvalue weighted by Gasteiger charge is 2.52. The summed E-state index contributed by atoms with van der Waals surface area (Å²) in [6, 6.07) is 3.90. The van der Waals surface area contributed by atoms with E-state index in [0.29, 0.717) is 25.9 Å². The van der Waals surface area contributed by atoms with Crippen molar-refractivity contribution in [2.24, 2.45) is 0 Å². The number of hydrogen-bond acceptors (Lipinski definition) is 5. The number of urea groups is 1. The van der Waals surface area contributed by atoms with Crippen molar-refractivity contribution in [1.82, 2.24) is 20.4 Å². The molecular formula is C19H28N4O3S. The lowest BCUT2D eigenvalue weighted by atomic mass is 9.98. The van der Waals surface area contributed by atoms with Crippen LogP contribution in [-0.4, -0.2) is 60.4 Å². The average Bonchev–Trinajstić information content (AvgIpc) is 3.34. The number of carbonyl (C=O) groups excluding carboxylic acids is 3. The molecule has 2 aliphatic rings. The van der Waals surface area contributed by atoms with E-state index in [1.54, 1.807) is 11.3 Å². The lowest BCUT2D eigenvalue weighted by molar-refractivity contribution is -0.131. The standard InChI is InChI=1S/C19H28N4O3S/c1-22(2)14(15-7-6-12-27-15)13-20-16(24)8-5-11-23-17(25)19(21-18(23)26)9-3-4-10-19/h6-7,12,14H,3-5,8-11,13H2,1-2H3,(H,20,24)(H,21,26). The van der Waals surface area contributed by atoms with Gasteiger partial charge in [0.05, 0.1) is 6.04 Å². The summed E-state index contributed by atoms with van der Waals surface area (Å²) in [5, 5.41) is 7.87. The predicted molar refractivity (Wildman–Crippen MR) is 104 cm³/mol. The minimum Gasteiger partial charge on any atom is -0.354 e. The maximum atomic E-state index is 12.6. The molecule has 0 bridgehead atoms. The molecule has 7 nitrogen and oxygen atoms in total. The minimum absolute atomic E-state index is 0.0546. The number of imide groups is 1. The molecule has 1 aliphatic carbocycles. The molecule has 0 radical (unpaired) electrons. The van der Waals surface area contributed by atoms with E-state index in [-0.39, 0.29) is 23.9 Å². The maximum absolute atomic E-state index is 12.6. The van der Waals surface area contributed by atoms with Crippen LogP contribution in [0.3, 0.4) is 0 Å². The average molecular weight is 393 g/mol. The molecule has 2 fully saturated rings. The van der Waals surface area contributed by atoms with Crippen molar-refractivity contribution < 1.29 is 14.4 Å². The van der Waals surface area contributed by atoms with Gasteiger partial charge in [-0.15, -0.1) is 11.3 Å². The molecule has 1 aliphatic heterocycles. The summed E-state index contributed by atoms with van der Waals surface area (Å²) >= 11 is 1.67. The van der Waals surface area contributed by atoms with Gasteiger partial charge >= 0.3 is 6.03 Å². The lowest BCUT2D eigenvalue weighted by Crippen LogP contribution is -2.44. The van der Waals surface area contributed by atoms with Crippen molar-refractivity contribution >= 4 is 29.2 Å². The van der Waals surface area contributed by atoms with Gasteiger partial charge in [0.15, 0.2) is 0 Å². The number of likely N-dealkylation sites (N-methyl/N-ethyl adjacent to an activating group) is 1. The monoisotopic (exact) mass is 392 g/mol. The van der Waals surface area contributed by atoms with Crippen molar-refractivity contribution in [3.8, 4) is 0 Å². The van der Waals surface area contributed by atoms with E-state index in [4.69, 9.17) is 0 Å². The SMILES string of the molecule is CN(C)C(CNC(=O)CCCN1C(=O)NC2(CCCC2)C1=O)c1cccs1. The Labute approximate surface area is 164 Å². The first kappa shape index (κ1) is 19.8. The number of hydrogen-bond donors (Lipinski definition) is 2. The fourth-order valence-electron chi connectivity index (χ4n) is 3.91. The largest absolute Gasteiger partial charge is 0.354 e. The van der Waals surface area contributed by atoms with Gasteiger partial charge in [-0.05, 0) is 44.8 Å². The van der Waals surface area contributed by atoms with E-state index in [0.717, 1.165) is 25.7 Å². The molecule has 8 heteroatoms. The molecule has 4 amide bonds. The molecule has 1 unspecified atom stereocenters. The first-order valence-corrected chi connectivity index (χ1v) is 10.4. The number of carbonyl (C=O) groups is 3. The summed E-state index contributed by atoms with van der Waals surface area (Å²) in [7, 11) is 3.99. The van der Waals surface area contributed by atoms with Crippen LogP contribution in [0.2, 0.25) is 0 Å². The molecular weight excluding hydrogens is 364 g/mol. The predicted octanol–water partition coefficient (Wildman–Crippen LogP) is 2.11. The second-order valence-electron chi connectivity index (χ2n) is 7.58. The Morgan fingerprint density at radius 3 is 2.74 bits per heavy atom. The van der Waals surface area contributed by atoms with E-state index in [9.17, 15) is 14.4 Å². The van der Waals surface area contributed by atoms with Crippen LogP contribution in [0.15, 0.2) is 17.5 Å². The lowest BCUT2D eigenvalue weighted by Gasteiger charge is -2.23. The maximum Gasteiger partial charge on any atom is 0.325 e. The van der Waals surface area contributed by atoms with Gasteiger partial charge < -0.3 is 15.5 Å². The summed E-state index contributed by atoms with van der Waals surface area (Å²) in [6.45, 7) is 0.834. The fraction of sp³-hybridized carbons (Fsp3) is 0.632. The van der Waals surface area contributed by atoms with Crippen LogP contribution in [0.5, 0.6) is 0 Å². The van der Waals surface area contributed by atoms with Crippen molar-refractivity contribution in [1.29, 1.82) is 0 Å². The summed E-state index contributed by atoms with van der Waals surface area (Å²) in [5.41, 5.74) is -0.668. The molecule has 1 aromatic heterocycles. The van der Waals surface area contributed by atoms with Crippen LogP contribution in [-0.2, 0) is 9.59 Å². The Balaban J connectivity index is 1.43. The van der Waals surface area contributed by atoms with Crippen molar-refractivity contribution in [3.63, 3.8) is 0 Å². The fourth-order valence-corrected chi connectivity index (χ4v) is 4.83. The summed E-state index contributed by atoms with van der Waals surface area (Å²) in [4.78, 5) is 41.5. The first-order chi connectivity index (χ1) is 12.9. The van der Waals surface area contributed by atoms with Gasteiger partial charge in [-0.3, -0.25) is 14.5 Å². The molecule has 1 saturated heterocycles. The molecule has 1 aromatic rings. The van der Waals surface area contributed by atoms with E-state index >= 15 is 0 Å². The van der Waals surface area contributed by atoms with Crippen molar-refractivity contribution in [2.45, 2.75) is 50.1 Å². The number of rotatable bonds is 8. The van der Waals surface area contributed by atoms with Gasteiger partial charge in [-0.2, -0.15) is 0 Å². The highest BCUT2D eigenvalue weighted by molar-refractivity contribution is 7.10. The minimum atomic E-state index is -0.668. The van der Waals surface area contributed by atoms with Gasteiger partial charge in [0.25, 0.3) is 5.91 Å². The normalized spacial score (nSPS) is 19.7. The Morgan fingerprint density at radius 2 is 2.11 bits per heavy atom. The third-order valence-corrected chi connectivity index (χ3v) is 6.45. The highest BCUT2D eigenvalue weighted by Crippen LogP contribution is 2.35. The van der Waals surface area contributed by atoms with Gasteiger partial charge in [0.2, 0.25) is 5.91 Å². The van der Waals surface area contributed by atoms with Crippen LogP contribution in [0.4, 0.5) is 4.79 Å². The Kier molecular flexibility index (Phi) is 6.16. The summed E-state index contributed by atoms with van der Waals surface area (Å²) in [5.74, 6) is -0.170. The Morgan fingerprint density at radius 1 is 1.37 bits per heavy atom. The molecule has 0 aromatic carbocycles. The third-order valence-electron chi connectivity index (χ3n) is 5.48. The van der Waals surface area contributed by atoms with Gasteiger partial charge in [0.1, 0.15) is 5.54 Å². The van der Waals surface area contributed by atoms with Crippen LogP contribution in [0.25, 0.3) is 0 Å². The highest BCUT2D eigenvalue weighted by atomic mass is 32.1. The van der Waals surface area contributed by atoms with Crippen molar-refractivity contribution in [3.05, 3.63) is 22.4 Å². The second-order valence-corrected chi connectivity index (χ2v) is 8.56. The second kappa shape index (κ2) is 8.39. The molecule has 27 heavy (non-hydrogen) atoms. The van der Waals surface area contributed by atoms with E-state index in [2.05, 4.69) is 21.6 Å². The number of nitrogens with one attached hydrogen (secondary N) is 2. The van der Waals surface area contributed by atoms with Crippen molar-refractivity contribution in [2.75, 3.05) is 27.2 Å². The molecule has 2 N–H and O–H groups in total. The Hall–Kier alpha value is -1.93. The Bertz CT molecular complexity index is 683. The van der Waals surface area contributed by atoms with Gasteiger partial charge in [0, 0.05) is 24.4 Å². The summed E-state index contributed by atoms with van der Waals surface area (Å²) in [6.07, 6.45) is 4.17. The zero-order chi connectivity index (χ0) is 19.4. The molecule has 3 rings (SSSR count). The number of thiophene rings is 1. The number of nitrogens with zero attached hydrogens (tertiary/aromatic N) is 2. The van der Waals surface area contributed by atoms with E-state index in [1.807, 2.05) is 25.5 Å². The molecule has 148 valence electrons. The summed E-state index contributed by atoms with van der Waals surface area (Å²) < 4.78 is 0. The van der Waals surface area contributed by atoms with Crippen LogP contribution in [0, 0.1) is 0 Å². The third kappa shape index (κ3) is 4.32. The van der Waals surface area contributed by atoms with Gasteiger partial charge in [-0.25, -0.2) is 4.79 Å². The molecule has 1 saturated carbocycles. The van der Waals surface area contributed by atoms with E-state index in [1.165, 1.54) is 9.78 Å². The van der Waals surface area contributed by atoms with E-state index < -0.39 is 5.54 Å². The smallest absolute Gasteiger partial charge is 0.325 e. The molecule has 1 spiro atoms. The van der Waals surface area contributed by atoms with Gasteiger partial charge in [-0.1, -0.05) is 18.9 Å². The quantitative estimate of drug-likeness (QED) is 0.664. The topological polar surface area (TPSA) is 81.8 Å². The zero-order valence-corrected chi connectivity index (χ0v) is 16.8. The zero-order valence-electron chi connectivity index (χ0n) is 16.0. The van der Waals surface area contributed by atoms with Crippen LogP contribution < -0.4 is 10.6 Å². The number of amides is 4. The molecule has 1 atom stereocenters.